The topological polar surface area (TPSA) is 109 Å². The van der Waals surface area contributed by atoms with Crippen LogP contribution in [0.2, 0.25) is 0 Å². The Balaban J connectivity index is 2.73. The van der Waals surface area contributed by atoms with E-state index >= 15 is 0 Å². The number of hydrogen-bond donors (Lipinski definition) is 3. The molecule has 0 spiro atoms. The molecule has 1 aromatic carbocycles. The van der Waals surface area contributed by atoms with Gasteiger partial charge < -0.3 is 15.3 Å². The van der Waals surface area contributed by atoms with Gasteiger partial charge in [0.25, 0.3) is 0 Å². The molecule has 0 saturated carbocycles. The molecule has 2 atom stereocenters. The molecule has 0 amide bonds. The van der Waals surface area contributed by atoms with E-state index in [0.29, 0.717) is 0 Å². The molecule has 17 heavy (non-hydrogen) atoms. The van der Waals surface area contributed by atoms with Crippen molar-refractivity contribution in [2.24, 2.45) is 5.11 Å². The van der Waals surface area contributed by atoms with Crippen LogP contribution >= 0.6 is 0 Å². The minimum atomic E-state index is -1.19. The Hall–Kier alpha value is -1.75. The highest BCUT2D eigenvalue weighted by molar-refractivity contribution is 5.37. The lowest BCUT2D eigenvalue weighted by Gasteiger charge is -2.18. The second-order valence-electron chi connectivity index (χ2n) is 3.82. The number of phenolic OH excluding ortho intramolecular Hbond substituents is 1. The van der Waals surface area contributed by atoms with E-state index in [4.69, 9.17) is 5.53 Å². The monoisotopic (exact) mass is 237 g/mol. The minimum Gasteiger partial charge on any atom is -0.508 e. The lowest BCUT2D eigenvalue weighted by Crippen LogP contribution is -2.19. The van der Waals surface area contributed by atoms with Crippen molar-refractivity contribution in [3.63, 3.8) is 0 Å². The Morgan fingerprint density at radius 2 is 2.12 bits per heavy atom. The van der Waals surface area contributed by atoms with Gasteiger partial charge in [-0.15, -0.1) is 0 Å². The maximum Gasteiger partial charge on any atom is 0.121 e. The second-order valence-corrected chi connectivity index (χ2v) is 3.82. The molecule has 1 aromatic rings. The number of rotatable bonds is 5. The zero-order valence-electron chi connectivity index (χ0n) is 9.48. The highest BCUT2D eigenvalue weighted by Gasteiger charge is 2.20. The van der Waals surface area contributed by atoms with Gasteiger partial charge in [0.05, 0.1) is 6.10 Å². The number of aliphatic hydroxyl groups is 2. The summed E-state index contributed by atoms with van der Waals surface area (Å²) in [4.78, 5) is 2.55. The Morgan fingerprint density at radius 1 is 1.41 bits per heavy atom. The van der Waals surface area contributed by atoms with E-state index in [1.807, 2.05) is 6.92 Å². The number of hydrogen-bond acceptors (Lipinski definition) is 4. The maximum atomic E-state index is 9.82. The fourth-order valence-corrected chi connectivity index (χ4v) is 1.50. The summed E-state index contributed by atoms with van der Waals surface area (Å²) in [6, 6.07) is 4.81. The highest BCUT2D eigenvalue weighted by Crippen LogP contribution is 2.28. The summed E-state index contributed by atoms with van der Waals surface area (Å²) in [5.74, 6) is -0.0552. The number of aryl methyl sites for hydroxylation is 1. The predicted octanol–water partition coefficient (Wildman–Crippen LogP) is 1.80. The summed E-state index contributed by atoms with van der Waals surface area (Å²) in [6.45, 7) is 1.91. The number of azide groups is 1. The van der Waals surface area contributed by atoms with E-state index in [9.17, 15) is 15.3 Å². The molecule has 0 aliphatic heterocycles. The smallest absolute Gasteiger partial charge is 0.121 e. The summed E-state index contributed by atoms with van der Waals surface area (Å²) in [5.41, 5.74) is 9.21. The molecule has 0 saturated heterocycles. The number of aromatic hydroxyl groups is 1. The molecule has 0 radical (unpaired) electrons. The molecule has 6 heteroatoms. The average molecular weight is 237 g/mol. The Labute approximate surface area is 98.8 Å². The molecular weight excluding hydrogens is 222 g/mol. The zero-order chi connectivity index (χ0) is 12.8. The summed E-state index contributed by atoms with van der Waals surface area (Å²) in [6.07, 6.45) is -2.13. The lowest BCUT2D eigenvalue weighted by atomic mass is 10.00. The van der Waals surface area contributed by atoms with Crippen molar-refractivity contribution < 1.29 is 15.3 Å². The molecular formula is C11H15N3O3. The van der Waals surface area contributed by atoms with E-state index in [1.54, 1.807) is 12.1 Å². The van der Waals surface area contributed by atoms with Crippen molar-refractivity contribution in [1.82, 2.24) is 0 Å². The van der Waals surface area contributed by atoms with Crippen LogP contribution in [-0.4, -0.2) is 28.0 Å². The van der Waals surface area contributed by atoms with Gasteiger partial charge in [-0.1, -0.05) is 17.2 Å². The first-order valence-electron chi connectivity index (χ1n) is 5.22. The van der Waals surface area contributed by atoms with E-state index in [0.717, 1.165) is 5.56 Å². The van der Waals surface area contributed by atoms with Crippen LogP contribution in [0.3, 0.4) is 0 Å². The van der Waals surface area contributed by atoms with E-state index in [2.05, 4.69) is 10.0 Å². The molecule has 2 unspecified atom stereocenters. The fourth-order valence-electron chi connectivity index (χ4n) is 1.50. The SMILES string of the molecule is Cc1ccc(C(O)C(O)CCN=[N+]=[N-])c(O)c1. The Kier molecular flexibility index (Phi) is 4.78. The maximum absolute atomic E-state index is 9.82. The number of aliphatic hydroxyl groups excluding tert-OH is 2. The van der Waals surface area contributed by atoms with Crippen LogP contribution in [0.1, 0.15) is 23.7 Å². The van der Waals surface area contributed by atoms with Crippen molar-refractivity contribution in [1.29, 1.82) is 0 Å². The van der Waals surface area contributed by atoms with Gasteiger partial charge in [-0.2, -0.15) is 0 Å². The van der Waals surface area contributed by atoms with E-state index < -0.39 is 12.2 Å². The molecule has 3 N–H and O–H groups in total. The third-order valence-corrected chi connectivity index (χ3v) is 2.46. The van der Waals surface area contributed by atoms with Crippen LogP contribution in [0.25, 0.3) is 10.4 Å². The first-order valence-corrected chi connectivity index (χ1v) is 5.22. The van der Waals surface area contributed by atoms with Crippen LogP contribution < -0.4 is 0 Å². The quantitative estimate of drug-likeness (QED) is 0.412. The van der Waals surface area contributed by atoms with E-state index in [1.165, 1.54) is 6.07 Å². The van der Waals surface area contributed by atoms with Crippen molar-refractivity contribution in [3.8, 4) is 5.75 Å². The van der Waals surface area contributed by atoms with Crippen LogP contribution in [0, 0.1) is 6.92 Å². The predicted molar refractivity (Wildman–Crippen MR) is 62.4 cm³/mol. The van der Waals surface area contributed by atoms with Gasteiger partial charge in [-0.05, 0) is 30.5 Å². The molecule has 0 bridgehead atoms. The number of phenols is 1. The van der Waals surface area contributed by atoms with Gasteiger partial charge in [0.15, 0.2) is 0 Å². The van der Waals surface area contributed by atoms with Gasteiger partial charge in [-0.25, -0.2) is 0 Å². The summed E-state index contributed by atoms with van der Waals surface area (Å²) in [5, 5.41) is 32.4. The van der Waals surface area contributed by atoms with Crippen LogP contribution in [-0.2, 0) is 0 Å². The largest absolute Gasteiger partial charge is 0.508 e. The van der Waals surface area contributed by atoms with Gasteiger partial charge in [-0.3, -0.25) is 0 Å². The molecule has 0 fully saturated rings. The van der Waals surface area contributed by atoms with Crippen LogP contribution in [0.15, 0.2) is 23.3 Å². The van der Waals surface area contributed by atoms with Gasteiger partial charge >= 0.3 is 0 Å². The first-order chi connectivity index (χ1) is 8.06. The second kappa shape index (κ2) is 6.10. The molecule has 6 nitrogen and oxygen atoms in total. The van der Waals surface area contributed by atoms with Crippen molar-refractivity contribution in [2.75, 3.05) is 6.54 Å². The minimum absolute atomic E-state index is 0.0552. The number of nitrogens with zero attached hydrogens (tertiary/aromatic N) is 3. The summed E-state index contributed by atoms with van der Waals surface area (Å²) in [7, 11) is 0. The van der Waals surface area contributed by atoms with Gasteiger partial charge in [0.1, 0.15) is 11.9 Å². The van der Waals surface area contributed by atoms with Crippen molar-refractivity contribution in [2.45, 2.75) is 25.6 Å². The molecule has 0 aliphatic carbocycles. The molecule has 0 aromatic heterocycles. The summed E-state index contributed by atoms with van der Waals surface area (Å²) >= 11 is 0. The molecule has 0 aliphatic rings. The van der Waals surface area contributed by atoms with Crippen LogP contribution in [0.5, 0.6) is 5.75 Å². The Bertz CT molecular complexity index is 430. The number of benzene rings is 1. The first kappa shape index (κ1) is 13.3. The third kappa shape index (κ3) is 3.64. The summed E-state index contributed by atoms with van der Waals surface area (Å²) < 4.78 is 0. The standard InChI is InChI=1S/C11H15N3O3/c1-7-2-3-8(10(16)6-7)11(17)9(15)4-5-13-14-12/h2-3,6,9,11,15-17H,4-5H2,1H3. The fraction of sp³-hybridized carbons (Fsp3) is 0.455. The molecule has 1 rings (SSSR count). The van der Waals surface area contributed by atoms with Crippen molar-refractivity contribution >= 4 is 0 Å². The van der Waals surface area contributed by atoms with E-state index in [-0.39, 0.29) is 24.3 Å². The Morgan fingerprint density at radius 3 is 2.71 bits per heavy atom. The van der Waals surface area contributed by atoms with Crippen LogP contribution in [0.4, 0.5) is 0 Å². The third-order valence-electron chi connectivity index (χ3n) is 2.46. The van der Waals surface area contributed by atoms with Gasteiger partial charge in [0, 0.05) is 17.0 Å². The highest BCUT2D eigenvalue weighted by atomic mass is 16.3. The normalized spacial score (nSPS) is 13.8. The molecule has 0 heterocycles. The van der Waals surface area contributed by atoms with Crippen molar-refractivity contribution in [3.05, 3.63) is 39.8 Å². The molecule has 92 valence electrons. The average Bonchev–Trinajstić information content (AvgIpc) is 2.28. The lowest BCUT2D eigenvalue weighted by molar-refractivity contribution is 0.0137. The zero-order valence-corrected chi connectivity index (χ0v) is 9.48. The van der Waals surface area contributed by atoms with Gasteiger partial charge in [0.2, 0.25) is 0 Å².